The lowest BCUT2D eigenvalue weighted by molar-refractivity contribution is 0.301. The van der Waals surface area contributed by atoms with Crippen LogP contribution in [0.15, 0.2) is 17.0 Å². The van der Waals surface area contributed by atoms with Crippen molar-refractivity contribution in [2.75, 3.05) is 54.4 Å². The van der Waals surface area contributed by atoms with Crippen LogP contribution in [0.5, 0.6) is 0 Å². The maximum atomic E-state index is 13.0. The minimum Gasteiger partial charge on any atom is -0.308 e. The van der Waals surface area contributed by atoms with Crippen molar-refractivity contribution >= 4 is 44.8 Å². The smallest absolute Gasteiger partial charge is 0.246 e. The summed E-state index contributed by atoms with van der Waals surface area (Å²) in [4.78, 5) is 3.75. The van der Waals surface area contributed by atoms with Crippen molar-refractivity contribution in [2.24, 2.45) is 0 Å². The average Bonchev–Trinajstić information content (AvgIpc) is 2.35. The summed E-state index contributed by atoms with van der Waals surface area (Å²) in [5, 5.41) is 0.358. The van der Waals surface area contributed by atoms with Crippen molar-refractivity contribution in [3.05, 3.63) is 27.2 Å². The normalized spacial score (nSPS) is 12.6. The van der Waals surface area contributed by atoms with Crippen LogP contribution in [0.2, 0.25) is 15.1 Å². The molecule has 0 fully saturated rings. The molecule has 0 heterocycles. The molecule has 1 rings (SSSR count). The molecular weight excluding hydrogens is 381 g/mol. The minimum atomic E-state index is -3.81. The fourth-order valence-corrected chi connectivity index (χ4v) is 4.79. The van der Waals surface area contributed by atoms with Gasteiger partial charge < -0.3 is 9.80 Å². The molecule has 5 nitrogen and oxygen atoms in total. The topological polar surface area (TPSA) is 43.9 Å². The Hall–Kier alpha value is -0.0800. The van der Waals surface area contributed by atoms with E-state index >= 15 is 0 Å². The summed E-state index contributed by atoms with van der Waals surface area (Å²) in [6.45, 7) is 1.88. The molecule has 0 aliphatic heterocycles. The number of sulfonamides is 1. The Bertz CT molecular complexity index is 601. The van der Waals surface area contributed by atoms with Gasteiger partial charge in [-0.15, -0.1) is 0 Å². The zero-order valence-electron chi connectivity index (χ0n) is 13.7. The second-order valence-corrected chi connectivity index (χ2v) is 8.83. The Morgan fingerprint density at radius 3 is 1.57 bits per heavy atom. The number of rotatable bonds is 8. The molecule has 23 heavy (non-hydrogen) atoms. The molecule has 0 spiro atoms. The second kappa shape index (κ2) is 8.85. The fourth-order valence-electron chi connectivity index (χ4n) is 1.88. The molecule has 1 aromatic carbocycles. The molecule has 132 valence electrons. The van der Waals surface area contributed by atoms with Crippen molar-refractivity contribution in [3.63, 3.8) is 0 Å². The first kappa shape index (κ1) is 21.0. The zero-order chi connectivity index (χ0) is 17.8. The molecule has 0 amide bonds. The van der Waals surface area contributed by atoms with Gasteiger partial charge in [0.25, 0.3) is 0 Å². The van der Waals surface area contributed by atoms with E-state index in [1.807, 2.05) is 38.0 Å². The van der Waals surface area contributed by atoms with Gasteiger partial charge in [0.15, 0.2) is 0 Å². The van der Waals surface area contributed by atoms with Crippen LogP contribution in [0.4, 0.5) is 0 Å². The van der Waals surface area contributed by atoms with E-state index in [1.54, 1.807) is 0 Å². The number of benzene rings is 1. The summed E-state index contributed by atoms with van der Waals surface area (Å²) >= 11 is 18.1. The van der Waals surface area contributed by atoms with Gasteiger partial charge in [-0.2, -0.15) is 4.31 Å². The van der Waals surface area contributed by atoms with Crippen LogP contribution >= 0.6 is 34.8 Å². The van der Waals surface area contributed by atoms with Crippen LogP contribution < -0.4 is 0 Å². The molecule has 1 aromatic rings. The Kier molecular flexibility index (Phi) is 8.07. The molecule has 0 unspecified atom stereocenters. The summed E-state index contributed by atoms with van der Waals surface area (Å²) in [6, 6.07) is 2.77. The van der Waals surface area contributed by atoms with Gasteiger partial charge >= 0.3 is 0 Å². The predicted octanol–water partition coefficient (Wildman–Crippen LogP) is 2.76. The lowest BCUT2D eigenvalue weighted by Gasteiger charge is -2.26. The number of halogens is 3. The molecule has 0 aliphatic rings. The Labute approximate surface area is 153 Å². The van der Waals surface area contributed by atoms with Crippen LogP contribution in [0.3, 0.4) is 0 Å². The van der Waals surface area contributed by atoms with Crippen LogP contribution in [-0.2, 0) is 10.0 Å². The summed E-state index contributed by atoms with van der Waals surface area (Å²) in [6.07, 6.45) is 0. The molecule has 0 saturated heterocycles. The molecule has 0 aromatic heterocycles. The van der Waals surface area contributed by atoms with E-state index in [4.69, 9.17) is 34.8 Å². The van der Waals surface area contributed by atoms with E-state index in [2.05, 4.69) is 0 Å². The maximum absolute atomic E-state index is 13.0. The average molecular weight is 403 g/mol. The van der Waals surface area contributed by atoms with Crippen molar-refractivity contribution in [3.8, 4) is 0 Å². The van der Waals surface area contributed by atoms with Gasteiger partial charge in [-0.1, -0.05) is 34.8 Å². The SMILES string of the molecule is CN(C)CCN(CCN(C)C)S(=O)(=O)c1c(Cl)cc(Cl)cc1Cl. The summed E-state index contributed by atoms with van der Waals surface area (Å²) in [7, 11) is 3.74. The van der Waals surface area contributed by atoms with Crippen molar-refractivity contribution in [2.45, 2.75) is 4.90 Å². The molecule has 0 N–H and O–H groups in total. The number of likely N-dealkylation sites (N-methyl/N-ethyl adjacent to an activating group) is 2. The van der Waals surface area contributed by atoms with Crippen molar-refractivity contribution < 1.29 is 8.42 Å². The predicted molar refractivity (Wildman–Crippen MR) is 97.3 cm³/mol. The van der Waals surface area contributed by atoms with Crippen LogP contribution in [-0.4, -0.2) is 76.9 Å². The van der Waals surface area contributed by atoms with Crippen LogP contribution in [0, 0.1) is 0 Å². The molecular formula is C14H22Cl3N3O2S. The second-order valence-electron chi connectivity index (χ2n) is 5.71. The van der Waals surface area contributed by atoms with E-state index in [0.717, 1.165) is 0 Å². The first-order valence-electron chi connectivity index (χ1n) is 7.00. The maximum Gasteiger partial charge on any atom is 0.246 e. The van der Waals surface area contributed by atoms with E-state index in [0.29, 0.717) is 31.2 Å². The molecule has 9 heteroatoms. The first-order valence-corrected chi connectivity index (χ1v) is 9.57. The summed E-state index contributed by atoms with van der Waals surface area (Å²) in [5.74, 6) is 0. The Morgan fingerprint density at radius 1 is 0.826 bits per heavy atom. The van der Waals surface area contributed by atoms with Gasteiger partial charge in [-0.25, -0.2) is 8.42 Å². The van der Waals surface area contributed by atoms with Crippen molar-refractivity contribution in [1.29, 1.82) is 0 Å². The van der Waals surface area contributed by atoms with Crippen LogP contribution in [0.1, 0.15) is 0 Å². The van der Waals surface area contributed by atoms with Gasteiger partial charge in [-0.3, -0.25) is 0 Å². The number of hydrogen-bond acceptors (Lipinski definition) is 4. The molecule has 0 atom stereocenters. The summed E-state index contributed by atoms with van der Waals surface area (Å²) < 4.78 is 27.4. The van der Waals surface area contributed by atoms with Gasteiger partial charge in [-0.05, 0) is 40.3 Å². The lowest BCUT2D eigenvalue weighted by atomic mass is 10.4. The van der Waals surface area contributed by atoms with Gasteiger partial charge in [0.05, 0.1) is 10.0 Å². The molecule has 0 saturated carbocycles. The number of hydrogen-bond donors (Lipinski definition) is 0. The highest BCUT2D eigenvalue weighted by Gasteiger charge is 2.29. The largest absolute Gasteiger partial charge is 0.308 e. The summed E-state index contributed by atoms with van der Waals surface area (Å²) in [5.41, 5.74) is 0. The highest BCUT2D eigenvalue weighted by molar-refractivity contribution is 7.89. The number of nitrogens with zero attached hydrogens (tertiary/aromatic N) is 3. The van der Waals surface area contributed by atoms with E-state index < -0.39 is 10.0 Å². The van der Waals surface area contributed by atoms with Gasteiger partial charge in [0.2, 0.25) is 10.0 Å². The van der Waals surface area contributed by atoms with Gasteiger partial charge in [0.1, 0.15) is 4.90 Å². The molecule has 0 radical (unpaired) electrons. The third-order valence-electron chi connectivity index (χ3n) is 3.15. The highest BCUT2D eigenvalue weighted by atomic mass is 35.5. The van der Waals surface area contributed by atoms with E-state index in [-0.39, 0.29) is 14.9 Å². The minimum absolute atomic E-state index is 0.0298. The van der Waals surface area contributed by atoms with Crippen LogP contribution in [0.25, 0.3) is 0 Å². The lowest BCUT2D eigenvalue weighted by Crippen LogP contribution is -2.40. The Balaban J connectivity index is 3.21. The quantitative estimate of drug-likeness (QED) is 0.670. The highest BCUT2D eigenvalue weighted by Crippen LogP contribution is 2.34. The standard InChI is InChI=1S/C14H22Cl3N3O2S/c1-18(2)5-7-20(8-6-19(3)4)23(21,22)14-12(16)9-11(15)10-13(14)17/h9-10H,5-8H2,1-4H3. The first-order chi connectivity index (χ1) is 10.6. The third kappa shape index (κ3) is 6.05. The third-order valence-corrected chi connectivity index (χ3v) is 6.19. The Morgan fingerprint density at radius 2 is 1.22 bits per heavy atom. The van der Waals surface area contributed by atoms with E-state index in [1.165, 1.54) is 16.4 Å². The molecule has 0 aliphatic carbocycles. The van der Waals surface area contributed by atoms with Gasteiger partial charge in [0, 0.05) is 31.2 Å². The monoisotopic (exact) mass is 401 g/mol. The zero-order valence-corrected chi connectivity index (χ0v) is 16.8. The fraction of sp³-hybridized carbons (Fsp3) is 0.571. The van der Waals surface area contributed by atoms with Crippen molar-refractivity contribution in [1.82, 2.24) is 14.1 Å². The molecule has 0 bridgehead atoms. The van der Waals surface area contributed by atoms with E-state index in [9.17, 15) is 8.42 Å².